The molecule has 27 heavy (non-hydrogen) atoms. The smallest absolute Gasteiger partial charge is 0.192 e. The van der Waals surface area contributed by atoms with Crippen molar-refractivity contribution in [1.29, 1.82) is 0 Å². The summed E-state index contributed by atoms with van der Waals surface area (Å²) in [5.41, 5.74) is 2.42. The number of benzene rings is 1. The van der Waals surface area contributed by atoms with Crippen molar-refractivity contribution in [2.75, 3.05) is 0 Å². The fraction of sp³-hybridized carbons (Fsp3) is 0.316. The van der Waals surface area contributed by atoms with E-state index in [9.17, 15) is 0 Å². The maximum atomic E-state index is 4.73. The minimum atomic E-state index is 0. The molecule has 0 aliphatic rings. The molecule has 0 saturated heterocycles. The summed E-state index contributed by atoms with van der Waals surface area (Å²) in [7, 11) is 1.97. The van der Waals surface area contributed by atoms with Crippen LogP contribution in [0.25, 0.3) is 0 Å². The van der Waals surface area contributed by atoms with Crippen LogP contribution in [0.15, 0.2) is 52.2 Å². The van der Waals surface area contributed by atoms with E-state index in [1.54, 1.807) is 11.3 Å². The van der Waals surface area contributed by atoms with Gasteiger partial charge in [0.15, 0.2) is 11.8 Å². The first-order chi connectivity index (χ1) is 12.6. The summed E-state index contributed by atoms with van der Waals surface area (Å²) in [6.07, 6.45) is 0. The molecule has 0 fully saturated rings. The molecule has 2 N–H and O–H groups in total. The molecule has 1 aromatic carbocycles. The minimum Gasteiger partial charge on any atom is -0.350 e. The van der Waals surface area contributed by atoms with Crippen molar-refractivity contribution < 1.29 is 0 Å². The number of halogens is 1. The number of nitrogens with one attached hydrogen (secondary N) is 2. The molecule has 3 aromatic rings. The lowest BCUT2D eigenvalue weighted by molar-refractivity contribution is 0.664. The number of guanidine groups is 1. The van der Waals surface area contributed by atoms with E-state index < -0.39 is 0 Å². The molecular formula is C19H25IN6S. The van der Waals surface area contributed by atoms with Gasteiger partial charge in [0.25, 0.3) is 0 Å². The number of rotatable bonds is 6. The Bertz CT molecular complexity index is 844. The molecule has 144 valence electrons. The van der Waals surface area contributed by atoms with Gasteiger partial charge in [-0.3, -0.25) is 0 Å². The zero-order chi connectivity index (χ0) is 18.4. The van der Waals surface area contributed by atoms with Gasteiger partial charge in [-0.15, -0.1) is 34.2 Å². The topological polar surface area (TPSA) is 67.1 Å². The van der Waals surface area contributed by atoms with E-state index in [2.05, 4.69) is 56.7 Å². The normalized spacial score (nSPS) is 12.3. The van der Waals surface area contributed by atoms with Crippen LogP contribution in [0, 0.1) is 6.92 Å². The summed E-state index contributed by atoms with van der Waals surface area (Å²) < 4.78 is 1.98. The van der Waals surface area contributed by atoms with Gasteiger partial charge in [-0.25, -0.2) is 4.99 Å². The van der Waals surface area contributed by atoms with Crippen molar-refractivity contribution in [2.45, 2.75) is 33.0 Å². The second-order valence-corrected chi connectivity index (χ2v) is 6.93. The van der Waals surface area contributed by atoms with Gasteiger partial charge in [0.1, 0.15) is 5.82 Å². The van der Waals surface area contributed by atoms with Crippen molar-refractivity contribution in [3.05, 3.63) is 69.9 Å². The average molecular weight is 496 g/mol. The fourth-order valence-electron chi connectivity index (χ4n) is 2.50. The number of nitrogens with zero attached hydrogens (tertiary/aromatic N) is 4. The Hall–Kier alpha value is -1.94. The molecular weight excluding hydrogens is 471 g/mol. The largest absolute Gasteiger partial charge is 0.350 e. The predicted octanol–water partition coefficient (Wildman–Crippen LogP) is 3.80. The molecule has 0 radical (unpaired) electrons. The highest BCUT2D eigenvalue weighted by atomic mass is 127. The Balaban J connectivity index is 0.00000261. The van der Waals surface area contributed by atoms with E-state index in [4.69, 9.17) is 4.99 Å². The Kier molecular flexibility index (Phi) is 8.23. The summed E-state index contributed by atoms with van der Waals surface area (Å²) in [6.45, 7) is 5.27. The van der Waals surface area contributed by atoms with Crippen LogP contribution in [-0.2, 0) is 20.1 Å². The van der Waals surface area contributed by atoms with Gasteiger partial charge in [-0.05, 0) is 41.8 Å². The van der Waals surface area contributed by atoms with Gasteiger partial charge >= 0.3 is 0 Å². The van der Waals surface area contributed by atoms with E-state index in [0.29, 0.717) is 13.1 Å². The fourth-order valence-corrected chi connectivity index (χ4v) is 3.16. The highest BCUT2D eigenvalue weighted by Crippen LogP contribution is 2.11. The summed E-state index contributed by atoms with van der Waals surface area (Å²) in [6, 6.07) is 12.6. The first-order valence-electron chi connectivity index (χ1n) is 8.59. The van der Waals surface area contributed by atoms with Crippen LogP contribution >= 0.6 is 35.3 Å². The van der Waals surface area contributed by atoms with Gasteiger partial charge in [0, 0.05) is 7.05 Å². The molecule has 0 bridgehead atoms. The highest BCUT2D eigenvalue weighted by Gasteiger charge is 2.10. The van der Waals surface area contributed by atoms with Crippen LogP contribution in [0.3, 0.4) is 0 Å². The quantitative estimate of drug-likeness (QED) is 0.310. The summed E-state index contributed by atoms with van der Waals surface area (Å²) in [5.74, 6) is 2.53. The van der Waals surface area contributed by atoms with E-state index in [1.807, 2.05) is 36.7 Å². The lowest BCUT2D eigenvalue weighted by Crippen LogP contribution is -2.39. The number of aliphatic imine (C=N–C) groups is 1. The maximum absolute atomic E-state index is 4.73. The zero-order valence-corrected chi connectivity index (χ0v) is 18.9. The molecule has 6 nitrogen and oxygen atoms in total. The van der Waals surface area contributed by atoms with Crippen molar-refractivity contribution in [3.63, 3.8) is 0 Å². The van der Waals surface area contributed by atoms with Gasteiger partial charge in [-0.1, -0.05) is 30.3 Å². The van der Waals surface area contributed by atoms with Gasteiger partial charge in [0.05, 0.1) is 19.1 Å². The van der Waals surface area contributed by atoms with E-state index >= 15 is 0 Å². The number of hydrogen-bond donors (Lipinski definition) is 2. The second-order valence-electron chi connectivity index (χ2n) is 6.15. The predicted molar refractivity (Wildman–Crippen MR) is 121 cm³/mol. The Labute approximate surface area is 181 Å². The summed E-state index contributed by atoms with van der Waals surface area (Å²) in [5, 5.41) is 19.3. The average Bonchev–Trinajstić information content (AvgIpc) is 3.29. The van der Waals surface area contributed by atoms with Gasteiger partial charge in [-0.2, -0.15) is 11.3 Å². The third-order valence-corrected chi connectivity index (χ3v) is 4.98. The number of hydrogen-bond acceptors (Lipinski definition) is 4. The molecule has 3 rings (SSSR count). The monoisotopic (exact) mass is 496 g/mol. The molecule has 2 aromatic heterocycles. The van der Waals surface area contributed by atoms with Crippen molar-refractivity contribution in [1.82, 2.24) is 25.4 Å². The maximum Gasteiger partial charge on any atom is 0.192 e. The number of thiophene rings is 1. The van der Waals surface area contributed by atoms with Crippen molar-refractivity contribution in [2.24, 2.45) is 12.0 Å². The molecule has 0 spiro atoms. The van der Waals surface area contributed by atoms with Crippen LogP contribution in [0.4, 0.5) is 0 Å². The van der Waals surface area contributed by atoms with Crippen LogP contribution in [-0.4, -0.2) is 20.7 Å². The number of aromatic nitrogens is 3. The highest BCUT2D eigenvalue weighted by molar-refractivity contribution is 14.0. The number of aryl methyl sites for hydroxylation is 1. The van der Waals surface area contributed by atoms with Gasteiger partial charge in [0.2, 0.25) is 0 Å². The van der Waals surface area contributed by atoms with Crippen LogP contribution in [0.5, 0.6) is 0 Å². The Morgan fingerprint density at radius 3 is 2.63 bits per heavy atom. The van der Waals surface area contributed by atoms with E-state index in [0.717, 1.165) is 17.6 Å². The SMILES string of the molecule is Cc1nnc(CNC(=NCc2ccsc2)NC(C)c2ccccc2)n1C.I. The Morgan fingerprint density at radius 1 is 1.22 bits per heavy atom. The molecule has 0 amide bonds. The molecule has 0 saturated carbocycles. The molecule has 2 heterocycles. The zero-order valence-electron chi connectivity index (χ0n) is 15.7. The summed E-state index contributed by atoms with van der Waals surface area (Å²) in [4.78, 5) is 4.73. The summed E-state index contributed by atoms with van der Waals surface area (Å²) >= 11 is 1.69. The van der Waals surface area contributed by atoms with Crippen LogP contribution in [0.2, 0.25) is 0 Å². The van der Waals surface area contributed by atoms with E-state index in [1.165, 1.54) is 11.1 Å². The van der Waals surface area contributed by atoms with Crippen LogP contribution in [0.1, 0.15) is 35.7 Å². The second kappa shape index (κ2) is 10.4. The first-order valence-corrected chi connectivity index (χ1v) is 9.53. The first kappa shape index (κ1) is 21.4. The molecule has 0 aliphatic carbocycles. The minimum absolute atomic E-state index is 0. The standard InChI is InChI=1S/C19H24N6S.HI/c1-14(17-7-5-4-6-8-17)22-19(20-11-16-9-10-26-13-16)21-12-18-24-23-15(2)25(18)3;/h4-10,13-14H,11-12H2,1-3H3,(H2,20,21,22);1H. The van der Waals surface area contributed by atoms with E-state index in [-0.39, 0.29) is 30.0 Å². The van der Waals surface area contributed by atoms with Crippen molar-refractivity contribution >= 4 is 41.3 Å². The lowest BCUT2D eigenvalue weighted by atomic mass is 10.1. The third-order valence-electron chi connectivity index (χ3n) is 4.25. The third kappa shape index (κ3) is 6.03. The van der Waals surface area contributed by atoms with Crippen LogP contribution < -0.4 is 10.6 Å². The molecule has 1 atom stereocenters. The molecule has 1 unspecified atom stereocenters. The van der Waals surface area contributed by atoms with Crippen molar-refractivity contribution in [3.8, 4) is 0 Å². The molecule has 0 aliphatic heterocycles. The lowest BCUT2D eigenvalue weighted by Gasteiger charge is -2.18. The molecule has 8 heteroatoms. The Morgan fingerprint density at radius 2 is 2.00 bits per heavy atom. The van der Waals surface area contributed by atoms with Gasteiger partial charge < -0.3 is 15.2 Å².